The largest absolute Gasteiger partial charge is 0.491 e. The van der Waals surface area contributed by atoms with E-state index in [9.17, 15) is 31.1 Å². The summed E-state index contributed by atoms with van der Waals surface area (Å²) in [4.78, 5) is 12.7. The third-order valence-electron chi connectivity index (χ3n) is 7.60. The highest BCUT2D eigenvalue weighted by molar-refractivity contribution is 5.98. The van der Waals surface area contributed by atoms with Crippen LogP contribution in [0.3, 0.4) is 0 Å². The molecule has 0 atom stereocenters. The van der Waals surface area contributed by atoms with Gasteiger partial charge in [-0.05, 0) is 82.3 Å². The lowest BCUT2D eigenvalue weighted by atomic mass is 9.79. The molecule has 1 aromatic rings. The minimum absolute atomic E-state index is 0.0218. The zero-order valence-electron chi connectivity index (χ0n) is 20.9. The van der Waals surface area contributed by atoms with Gasteiger partial charge in [-0.3, -0.25) is 4.79 Å². The Balaban J connectivity index is 1.55. The van der Waals surface area contributed by atoms with Gasteiger partial charge in [-0.2, -0.15) is 22.0 Å². The van der Waals surface area contributed by atoms with Crippen LogP contribution in [0.5, 0.6) is 5.75 Å². The van der Waals surface area contributed by atoms with Gasteiger partial charge in [0.05, 0.1) is 18.6 Å². The molecule has 0 aliphatic heterocycles. The number of hydrogen-bond acceptors (Lipinski definition) is 3. The van der Waals surface area contributed by atoms with E-state index in [1.807, 2.05) is 0 Å². The molecule has 0 saturated heterocycles. The number of ketones is 1. The second kappa shape index (κ2) is 12.2. The lowest BCUT2D eigenvalue weighted by molar-refractivity contribution is -0.301. The van der Waals surface area contributed by atoms with Gasteiger partial charge in [-0.15, -0.1) is 0 Å². The first-order chi connectivity index (χ1) is 17.0. The van der Waals surface area contributed by atoms with Crippen molar-refractivity contribution in [2.45, 2.75) is 103 Å². The Labute approximate surface area is 208 Å². The summed E-state index contributed by atoms with van der Waals surface area (Å²) in [6.07, 6.45) is -3.14. The van der Waals surface area contributed by atoms with Crippen molar-refractivity contribution >= 4 is 5.78 Å². The van der Waals surface area contributed by atoms with E-state index in [1.165, 1.54) is 6.92 Å². The molecule has 0 unspecified atom stereocenters. The number of alkyl halides is 5. The Bertz CT molecular complexity index is 869. The van der Waals surface area contributed by atoms with Gasteiger partial charge in [0.1, 0.15) is 5.56 Å². The second-order valence-corrected chi connectivity index (χ2v) is 10.2. The highest BCUT2D eigenvalue weighted by Crippen LogP contribution is 2.43. The average molecular weight is 523 g/mol. The normalized spacial score (nSPS) is 25.6. The Morgan fingerprint density at radius 2 is 1.53 bits per heavy atom. The summed E-state index contributed by atoms with van der Waals surface area (Å²) in [6, 6.07) is 1.98. The monoisotopic (exact) mass is 522 g/mol. The number of halogens is 6. The minimum atomic E-state index is -5.06. The minimum Gasteiger partial charge on any atom is -0.491 e. The molecule has 0 bridgehead atoms. The van der Waals surface area contributed by atoms with Gasteiger partial charge < -0.3 is 9.47 Å². The Morgan fingerprint density at radius 3 is 2.08 bits per heavy atom. The van der Waals surface area contributed by atoms with Gasteiger partial charge in [0.2, 0.25) is 0 Å². The summed E-state index contributed by atoms with van der Waals surface area (Å²) >= 11 is 0. The standard InChI is InChI=1S/C27H36F6O3/c1-3-5-17-6-10-19(11-7-17)27(32,33)36-20-12-8-18(9-13-20)16-22(34)21-14-15-23(35-4-2)25(28)24(21)26(29,30)31/h14-15,17-20H,3-13,16H2,1-2H3. The zero-order chi connectivity index (χ0) is 26.5. The Hall–Kier alpha value is -1.77. The van der Waals surface area contributed by atoms with Crippen molar-refractivity contribution in [3.8, 4) is 5.75 Å². The van der Waals surface area contributed by atoms with Gasteiger partial charge in [-0.25, -0.2) is 4.39 Å². The number of ether oxygens (including phenoxy) is 2. The van der Waals surface area contributed by atoms with Gasteiger partial charge in [0, 0.05) is 12.0 Å². The van der Waals surface area contributed by atoms with E-state index >= 15 is 0 Å². The number of carbonyl (C=O) groups is 1. The molecule has 0 heterocycles. The van der Waals surface area contributed by atoms with Crippen LogP contribution in [0.15, 0.2) is 12.1 Å². The van der Waals surface area contributed by atoms with Crippen molar-refractivity contribution in [3.63, 3.8) is 0 Å². The van der Waals surface area contributed by atoms with E-state index in [4.69, 9.17) is 9.47 Å². The number of rotatable bonds is 10. The van der Waals surface area contributed by atoms with Crippen molar-refractivity contribution in [1.82, 2.24) is 0 Å². The van der Waals surface area contributed by atoms with Crippen LogP contribution in [0.1, 0.15) is 100 Å². The first kappa shape index (κ1) is 28.8. The summed E-state index contributed by atoms with van der Waals surface area (Å²) < 4.78 is 94.9. The van der Waals surface area contributed by atoms with E-state index in [0.29, 0.717) is 44.4 Å². The third kappa shape index (κ3) is 7.17. The molecule has 204 valence electrons. The lowest BCUT2D eigenvalue weighted by Gasteiger charge is -2.37. The summed E-state index contributed by atoms with van der Waals surface area (Å²) in [5.41, 5.74) is -2.35. The molecule has 0 aromatic heterocycles. The molecule has 2 aliphatic rings. The molecule has 0 spiro atoms. The van der Waals surface area contributed by atoms with Crippen LogP contribution in [0.25, 0.3) is 0 Å². The van der Waals surface area contributed by atoms with E-state index in [-0.39, 0.29) is 18.9 Å². The highest BCUT2D eigenvalue weighted by Gasteiger charge is 2.45. The van der Waals surface area contributed by atoms with Crippen molar-refractivity contribution in [2.75, 3.05) is 6.61 Å². The molecular weight excluding hydrogens is 486 g/mol. The maximum atomic E-state index is 14.8. The van der Waals surface area contributed by atoms with Gasteiger partial charge in [-0.1, -0.05) is 19.8 Å². The second-order valence-electron chi connectivity index (χ2n) is 10.2. The van der Waals surface area contributed by atoms with E-state index in [1.54, 1.807) is 0 Å². The molecule has 1 aromatic carbocycles. The van der Waals surface area contributed by atoms with E-state index in [0.717, 1.165) is 37.8 Å². The summed E-state index contributed by atoms with van der Waals surface area (Å²) in [7, 11) is 0. The quantitative estimate of drug-likeness (QED) is 0.228. The number of benzene rings is 1. The molecule has 3 rings (SSSR count). The molecule has 0 N–H and O–H groups in total. The molecule has 3 nitrogen and oxygen atoms in total. The van der Waals surface area contributed by atoms with E-state index in [2.05, 4.69) is 6.92 Å². The van der Waals surface area contributed by atoms with Gasteiger partial charge >= 0.3 is 12.3 Å². The van der Waals surface area contributed by atoms with Crippen LogP contribution in [-0.4, -0.2) is 24.6 Å². The summed E-state index contributed by atoms with van der Waals surface area (Å²) in [6.45, 7) is 3.59. The van der Waals surface area contributed by atoms with Crippen molar-refractivity contribution in [2.24, 2.45) is 17.8 Å². The van der Waals surface area contributed by atoms with Crippen LogP contribution in [0, 0.1) is 23.6 Å². The van der Waals surface area contributed by atoms with Crippen LogP contribution in [0.4, 0.5) is 26.3 Å². The fraction of sp³-hybridized carbons (Fsp3) is 0.741. The molecule has 36 heavy (non-hydrogen) atoms. The van der Waals surface area contributed by atoms with Gasteiger partial charge in [0.25, 0.3) is 0 Å². The summed E-state index contributed by atoms with van der Waals surface area (Å²) in [5.74, 6) is -3.52. The molecular formula is C27H36F6O3. The molecule has 0 amide bonds. The maximum Gasteiger partial charge on any atom is 0.420 e. The van der Waals surface area contributed by atoms with E-state index < -0.39 is 52.8 Å². The average Bonchev–Trinajstić information content (AvgIpc) is 2.81. The molecule has 9 heteroatoms. The van der Waals surface area contributed by atoms with Crippen LogP contribution in [-0.2, 0) is 10.9 Å². The predicted molar refractivity (Wildman–Crippen MR) is 124 cm³/mol. The number of Topliss-reactive ketones (excluding diaryl/α,β-unsaturated/α-hetero) is 1. The topological polar surface area (TPSA) is 35.5 Å². The maximum absolute atomic E-state index is 14.8. The smallest absolute Gasteiger partial charge is 0.420 e. The number of hydrogen-bond donors (Lipinski definition) is 0. The van der Waals surface area contributed by atoms with Crippen LogP contribution >= 0.6 is 0 Å². The molecule has 2 fully saturated rings. The summed E-state index contributed by atoms with van der Waals surface area (Å²) in [5, 5.41) is 0. The zero-order valence-corrected chi connectivity index (χ0v) is 20.9. The van der Waals surface area contributed by atoms with Crippen LogP contribution in [0.2, 0.25) is 0 Å². The molecule has 2 saturated carbocycles. The lowest BCUT2D eigenvalue weighted by Crippen LogP contribution is -2.39. The molecule has 0 radical (unpaired) electrons. The Kier molecular flexibility index (Phi) is 9.74. The third-order valence-corrected chi connectivity index (χ3v) is 7.60. The fourth-order valence-corrected chi connectivity index (χ4v) is 5.67. The SMILES string of the molecule is CCCC1CCC(C(F)(F)OC2CCC(CC(=O)c3ccc(OCC)c(F)c3C(F)(F)F)CC2)CC1. The Morgan fingerprint density at radius 1 is 0.917 bits per heavy atom. The first-order valence-electron chi connectivity index (χ1n) is 13.1. The predicted octanol–water partition coefficient (Wildman–Crippen LogP) is 8.59. The van der Waals surface area contributed by atoms with Crippen molar-refractivity contribution < 1.29 is 40.6 Å². The first-order valence-corrected chi connectivity index (χ1v) is 13.1. The fourth-order valence-electron chi connectivity index (χ4n) is 5.67. The highest BCUT2D eigenvalue weighted by atomic mass is 19.4. The number of carbonyl (C=O) groups excluding carboxylic acids is 1. The van der Waals surface area contributed by atoms with Crippen LogP contribution < -0.4 is 4.74 Å². The van der Waals surface area contributed by atoms with Crippen molar-refractivity contribution in [1.29, 1.82) is 0 Å². The van der Waals surface area contributed by atoms with Gasteiger partial charge in [0.15, 0.2) is 17.3 Å². The molecule has 2 aliphatic carbocycles. The van der Waals surface area contributed by atoms with Crippen molar-refractivity contribution in [3.05, 3.63) is 29.1 Å².